The summed E-state index contributed by atoms with van der Waals surface area (Å²) in [6.45, 7) is 8.32. The van der Waals surface area contributed by atoms with Crippen LogP contribution in [0, 0.1) is 5.92 Å². The SMILES string of the molecule is CC.CCCCN(C)CCC1NCCC1C(F)(F)F. The molecular weight excluding hydrogens is 253 g/mol. The van der Waals surface area contributed by atoms with Gasteiger partial charge in [0, 0.05) is 6.04 Å². The van der Waals surface area contributed by atoms with Crippen LogP contribution in [0.2, 0.25) is 0 Å². The van der Waals surface area contributed by atoms with E-state index in [1.807, 2.05) is 20.9 Å². The molecule has 2 atom stereocenters. The summed E-state index contributed by atoms with van der Waals surface area (Å²) in [4.78, 5) is 2.12. The molecule has 1 fully saturated rings. The lowest BCUT2D eigenvalue weighted by atomic mass is 9.97. The van der Waals surface area contributed by atoms with Crippen LogP contribution in [0.4, 0.5) is 13.2 Å². The average molecular weight is 282 g/mol. The molecule has 1 aliphatic heterocycles. The zero-order valence-corrected chi connectivity index (χ0v) is 12.7. The summed E-state index contributed by atoms with van der Waals surface area (Å²) < 4.78 is 38.1. The number of nitrogens with zero attached hydrogens (tertiary/aromatic N) is 1. The average Bonchev–Trinajstić information content (AvgIpc) is 2.84. The van der Waals surface area contributed by atoms with E-state index in [1.54, 1.807) is 0 Å². The van der Waals surface area contributed by atoms with Gasteiger partial charge in [-0.15, -0.1) is 0 Å². The normalized spacial score (nSPS) is 23.4. The maximum atomic E-state index is 12.7. The molecule has 0 bridgehead atoms. The van der Waals surface area contributed by atoms with Crippen molar-refractivity contribution in [3.05, 3.63) is 0 Å². The molecule has 0 aromatic heterocycles. The largest absolute Gasteiger partial charge is 0.393 e. The van der Waals surface area contributed by atoms with Crippen molar-refractivity contribution >= 4 is 0 Å². The van der Waals surface area contributed by atoms with Crippen LogP contribution in [0.25, 0.3) is 0 Å². The van der Waals surface area contributed by atoms with Crippen LogP contribution in [-0.2, 0) is 0 Å². The van der Waals surface area contributed by atoms with Gasteiger partial charge in [-0.05, 0) is 45.9 Å². The number of alkyl halides is 3. The Kier molecular flexibility index (Phi) is 9.44. The van der Waals surface area contributed by atoms with E-state index < -0.39 is 12.1 Å². The third-order valence-corrected chi connectivity index (χ3v) is 3.48. The molecule has 5 heteroatoms. The van der Waals surface area contributed by atoms with Crippen molar-refractivity contribution in [2.45, 2.75) is 58.7 Å². The van der Waals surface area contributed by atoms with Crippen molar-refractivity contribution in [3.63, 3.8) is 0 Å². The van der Waals surface area contributed by atoms with Gasteiger partial charge in [-0.25, -0.2) is 0 Å². The Labute approximate surface area is 115 Å². The van der Waals surface area contributed by atoms with Crippen LogP contribution in [0.1, 0.15) is 46.5 Å². The van der Waals surface area contributed by atoms with Crippen molar-refractivity contribution in [2.75, 3.05) is 26.7 Å². The highest BCUT2D eigenvalue weighted by Gasteiger charge is 2.46. The lowest BCUT2D eigenvalue weighted by Crippen LogP contribution is -2.38. The van der Waals surface area contributed by atoms with Gasteiger partial charge < -0.3 is 10.2 Å². The molecule has 1 N–H and O–H groups in total. The number of nitrogens with one attached hydrogen (secondary N) is 1. The highest BCUT2D eigenvalue weighted by Crippen LogP contribution is 2.35. The van der Waals surface area contributed by atoms with E-state index in [2.05, 4.69) is 17.1 Å². The van der Waals surface area contributed by atoms with E-state index in [9.17, 15) is 13.2 Å². The minimum atomic E-state index is -4.05. The molecule has 1 rings (SSSR count). The molecule has 0 spiro atoms. The van der Waals surface area contributed by atoms with Crippen LogP contribution in [0.5, 0.6) is 0 Å². The lowest BCUT2D eigenvalue weighted by molar-refractivity contribution is -0.176. The first-order valence-electron chi connectivity index (χ1n) is 7.43. The third kappa shape index (κ3) is 7.16. The predicted octanol–water partition coefficient (Wildman–Crippen LogP) is 3.68. The van der Waals surface area contributed by atoms with Crippen LogP contribution in [0.3, 0.4) is 0 Å². The summed E-state index contributed by atoms with van der Waals surface area (Å²) in [6.07, 6.45) is -0.998. The van der Waals surface area contributed by atoms with Gasteiger partial charge in [0.05, 0.1) is 5.92 Å². The second-order valence-corrected chi connectivity index (χ2v) is 4.94. The van der Waals surface area contributed by atoms with E-state index in [0.29, 0.717) is 13.0 Å². The van der Waals surface area contributed by atoms with Crippen molar-refractivity contribution in [2.24, 2.45) is 5.92 Å². The zero-order valence-electron chi connectivity index (χ0n) is 12.7. The molecule has 0 aromatic rings. The van der Waals surface area contributed by atoms with Gasteiger partial charge in [0.1, 0.15) is 0 Å². The van der Waals surface area contributed by atoms with Crippen LogP contribution >= 0.6 is 0 Å². The topological polar surface area (TPSA) is 15.3 Å². The van der Waals surface area contributed by atoms with Gasteiger partial charge in [-0.2, -0.15) is 13.2 Å². The van der Waals surface area contributed by atoms with E-state index in [-0.39, 0.29) is 12.5 Å². The standard InChI is InChI=1S/C12H23F3N2.C2H6/c1-3-4-8-17(2)9-6-11-10(5-7-16-11)12(13,14)15;1-2/h10-11,16H,3-9H2,1-2H3;1-2H3. The van der Waals surface area contributed by atoms with Crippen molar-refractivity contribution in [3.8, 4) is 0 Å². The number of hydrogen-bond acceptors (Lipinski definition) is 2. The molecule has 0 radical (unpaired) electrons. The van der Waals surface area contributed by atoms with Crippen LogP contribution in [-0.4, -0.2) is 43.8 Å². The second kappa shape index (κ2) is 9.59. The Morgan fingerprint density at radius 1 is 1.21 bits per heavy atom. The Hall–Kier alpha value is -0.290. The van der Waals surface area contributed by atoms with E-state index in [0.717, 1.165) is 25.9 Å². The monoisotopic (exact) mass is 282 g/mol. The first-order valence-corrected chi connectivity index (χ1v) is 7.43. The number of hydrogen-bond donors (Lipinski definition) is 1. The van der Waals surface area contributed by atoms with Gasteiger partial charge >= 0.3 is 6.18 Å². The molecule has 0 aromatic carbocycles. The predicted molar refractivity (Wildman–Crippen MR) is 74.3 cm³/mol. The first kappa shape index (κ1) is 18.7. The number of rotatable bonds is 6. The lowest BCUT2D eigenvalue weighted by Gasteiger charge is -2.24. The minimum Gasteiger partial charge on any atom is -0.313 e. The summed E-state index contributed by atoms with van der Waals surface area (Å²) in [7, 11) is 1.98. The highest BCUT2D eigenvalue weighted by atomic mass is 19.4. The molecule has 0 aliphatic carbocycles. The van der Waals surface area contributed by atoms with Crippen molar-refractivity contribution < 1.29 is 13.2 Å². The molecule has 0 saturated carbocycles. The van der Waals surface area contributed by atoms with Crippen LogP contribution in [0.15, 0.2) is 0 Å². The fourth-order valence-electron chi connectivity index (χ4n) is 2.36. The van der Waals surface area contributed by atoms with Crippen molar-refractivity contribution in [1.29, 1.82) is 0 Å². The molecule has 2 unspecified atom stereocenters. The maximum absolute atomic E-state index is 12.7. The molecule has 1 saturated heterocycles. The van der Waals surface area contributed by atoms with Gasteiger partial charge in [0.15, 0.2) is 0 Å². The smallest absolute Gasteiger partial charge is 0.313 e. The third-order valence-electron chi connectivity index (χ3n) is 3.48. The Balaban J connectivity index is 0.00000154. The Morgan fingerprint density at radius 2 is 1.84 bits per heavy atom. The van der Waals surface area contributed by atoms with Crippen LogP contribution < -0.4 is 5.32 Å². The summed E-state index contributed by atoms with van der Waals surface area (Å²) in [5, 5.41) is 2.98. The summed E-state index contributed by atoms with van der Waals surface area (Å²) in [5.74, 6) is -1.15. The molecular formula is C14H29F3N2. The Bertz CT molecular complexity index is 219. The van der Waals surface area contributed by atoms with Gasteiger partial charge in [0.2, 0.25) is 0 Å². The molecule has 1 aliphatic rings. The molecule has 1 heterocycles. The van der Waals surface area contributed by atoms with E-state index in [1.165, 1.54) is 0 Å². The fraction of sp³-hybridized carbons (Fsp3) is 1.00. The van der Waals surface area contributed by atoms with Crippen molar-refractivity contribution in [1.82, 2.24) is 10.2 Å². The highest BCUT2D eigenvalue weighted by molar-refractivity contribution is 4.88. The maximum Gasteiger partial charge on any atom is 0.393 e. The van der Waals surface area contributed by atoms with E-state index >= 15 is 0 Å². The molecule has 0 amide bonds. The summed E-state index contributed by atoms with van der Waals surface area (Å²) >= 11 is 0. The fourth-order valence-corrected chi connectivity index (χ4v) is 2.36. The van der Waals surface area contributed by atoms with Gasteiger partial charge in [-0.1, -0.05) is 27.2 Å². The second-order valence-electron chi connectivity index (χ2n) is 4.94. The summed E-state index contributed by atoms with van der Waals surface area (Å²) in [6, 6.07) is -0.390. The molecule has 2 nitrogen and oxygen atoms in total. The Morgan fingerprint density at radius 3 is 2.37 bits per heavy atom. The molecule has 19 heavy (non-hydrogen) atoms. The molecule has 116 valence electrons. The first-order chi connectivity index (χ1) is 8.95. The number of halogens is 3. The zero-order chi connectivity index (χ0) is 14.9. The van der Waals surface area contributed by atoms with Gasteiger partial charge in [-0.3, -0.25) is 0 Å². The number of unbranched alkanes of at least 4 members (excludes halogenated alkanes) is 1. The quantitative estimate of drug-likeness (QED) is 0.799. The van der Waals surface area contributed by atoms with Gasteiger partial charge in [0.25, 0.3) is 0 Å². The summed E-state index contributed by atoms with van der Waals surface area (Å²) in [5.41, 5.74) is 0. The minimum absolute atomic E-state index is 0.229. The van der Waals surface area contributed by atoms with E-state index in [4.69, 9.17) is 0 Å².